The van der Waals surface area contributed by atoms with E-state index in [1.807, 2.05) is 0 Å². The highest BCUT2D eigenvalue weighted by molar-refractivity contribution is 5.87. The normalized spacial score (nSPS) is 18.6. The fourth-order valence-corrected chi connectivity index (χ4v) is 7.61. The molecule has 3 aliphatic rings. The average molecular weight is 484 g/mol. The lowest BCUT2D eigenvalue weighted by atomic mass is 9.78. The van der Waals surface area contributed by atoms with Crippen molar-refractivity contribution in [3.63, 3.8) is 0 Å². The van der Waals surface area contributed by atoms with Crippen LogP contribution in [0.3, 0.4) is 0 Å². The van der Waals surface area contributed by atoms with Crippen molar-refractivity contribution in [2.75, 3.05) is 5.32 Å². The molecule has 0 spiro atoms. The first kappa shape index (κ1) is 22.8. The Morgan fingerprint density at radius 1 is 0.568 bits per heavy atom. The first-order valence-electron chi connectivity index (χ1n) is 14.2. The Labute approximate surface area is 222 Å². The number of hydrogen-bond acceptors (Lipinski definition) is 1. The number of nitrogens with one attached hydrogen (secondary N) is 1. The van der Waals surface area contributed by atoms with Gasteiger partial charge < -0.3 is 5.32 Å². The maximum atomic E-state index is 3.76. The summed E-state index contributed by atoms with van der Waals surface area (Å²) in [6, 6.07) is 29.9. The summed E-state index contributed by atoms with van der Waals surface area (Å²) in [4.78, 5) is 0. The summed E-state index contributed by atoms with van der Waals surface area (Å²) in [5, 5.41) is 3.76. The molecule has 0 atom stereocenters. The zero-order chi connectivity index (χ0) is 25.4. The molecule has 1 saturated carbocycles. The molecule has 1 fully saturated rings. The number of fused-ring (bicyclic) bond motifs is 6. The predicted molar refractivity (Wildman–Crippen MR) is 157 cm³/mol. The lowest BCUT2D eigenvalue weighted by Crippen LogP contribution is -2.15. The van der Waals surface area contributed by atoms with E-state index in [1.54, 1.807) is 5.56 Å². The molecule has 1 N–H and O–H groups in total. The number of rotatable bonds is 3. The van der Waals surface area contributed by atoms with Crippen LogP contribution in [0.5, 0.6) is 0 Å². The zero-order valence-corrected chi connectivity index (χ0v) is 22.6. The first-order chi connectivity index (χ1) is 17.9. The van der Waals surface area contributed by atoms with Crippen LogP contribution in [-0.2, 0) is 10.8 Å². The van der Waals surface area contributed by atoms with Crippen molar-refractivity contribution in [2.45, 2.75) is 76.5 Å². The zero-order valence-electron chi connectivity index (χ0n) is 22.6. The molecule has 0 heterocycles. The summed E-state index contributed by atoms with van der Waals surface area (Å²) < 4.78 is 0. The van der Waals surface area contributed by atoms with Gasteiger partial charge >= 0.3 is 0 Å². The maximum Gasteiger partial charge on any atom is 0.0390 e. The molecule has 0 amide bonds. The van der Waals surface area contributed by atoms with E-state index in [4.69, 9.17) is 0 Å². The standard InChI is InChI=1S/C36H37N/c1-35(2)30-15-9-8-13-27(30)29-21-24(18-20-31(29)35)37-25-17-19-28-33(22-25)36(3,4)32-16-10-14-26(34(28)32)23-11-6-5-7-12-23/h8-10,13-23,37H,5-7,11-12H2,1-4H3. The van der Waals surface area contributed by atoms with E-state index >= 15 is 0 Å². The van der Waals surface area contributed by atoms with Gasteiger partial charge in [0.1, 0.15) is 0 Å². The van der Waals surface area contributed by atoms with Gasteiger partial charge in [-0.2, -0.15) is 0 Å². The van der Waals surface area contributed by atoms with E-state index < -0.39 is 0 Å². The molecule has 3 aliphatic carbocycles. The SMILES string of the molecule is CC1(C)c2ccccc2-c2cc(Nc3ccc4c(c3)C(C)(C)c3cccc(C5CCCCC5)c3-4)ccc21. The summed E-state index contributed by atoms with van der Waals surface area (Å²) in [5.74, 6) is 0.710. The first-order valence-corrected chi connectivity index (χ1v) is 14.2. The molecular formula is C36H37N. The van der Waals surface area contributed by atoms with E-state index in [1.165, 1.54) is 82.3 Å². The van der Waals surface area contributed by atoms with Gasteiger partial charge in [0.25, 0.3) is 0 Å². The molecule has 0 bridgehead atoms. The van der Waals surface area contributed by atoms with Crippen LogP contribution >= 0.6 is 0 Å². The van der Waals surface area contributed by atoms with Crippen molar-refractivity contribution >= 4 is 11.4 Å². The molecule has 0 unspecified atom stereocenters. The molecule has 0 radical (unpaired) electrons. The van der Waals surface area contributed by atoms with E-state index in [9.17, 15) is 0 Å². The van der Waals surface area contributed by atoms with Gasteiger partial charge in [-0.25, -0.2) is 0 Å². The second-order valence-electron chi connectivity index (χ2n) is 12.5. The van der Waals surface area contributed by atoms with Gasteiger partial charge in [0, 0.05) is 22.2 Å². The Morgan fingerprint density at radius 3 is 2.08 bits per heavy atom. The molecule has 4 aromatic carbocycles. The van der Waals surface area contributed by atoms with Crippen LogP contribution in [0.25, 0.3) is 22.3 Å². The summed E-state index contributed by atoms with van der Waals surface area (Å²) in [5.41, 5.74) is 15.4. The van der Waals surface area contributed by atoms with Gasteiger partial charge in [-0.05, 0) is 93.1 Å². The van der Waals surface area contributed by atoms with Crippen LogP contribution in [0.2, 0.25) is 0 Å². The van der Waals surface area contributed by atoms with Gasteiger partial charge in [-0.15, -0.1) is 0 Å². The molecule has 186 valence electrons. The van der Waals surface area contributed by atoms with Crippen molar-refractivity contribution in [3.8, 4) is 22.3 Å². The molecule has 7 rings (SSSR count). The van der Waals surface area contributed by atoms with E-state index in [-0.39, 0.29) is 10.8 Å². The summed E-state index contributed by atoms with van der Waals surface area (Å²) in [6.45, 7) is 9.49. The molecule has 1 heteroatoms. The second-order valence-corrected chi connectivity index (χ2v) is 12.5. The maximum absolute atomic E-state index is 3.76. The number of benzene rings is 4. The fraction of sp³-hybridized carbons (Fsp3) is 0.333. The third kappa shape index (κ3) is 3.36. The molecule has 37 heavy (non-hydrogen) atoms. The minimum atomic E-state index is 0.00787. The van der Waals surface area contributed by atoms with Crippen molar-refractivity contribution in [2.24, 2.45) is 0 Å². The van der Waals surface area contributed by atoms with Crippen LogP contribution in [0, 0.1) is 0 Å². The Morgan fingerprint density at radius 2 is 1.24 bits per heavy atom. The summed E-state index contributed by atoms with van der Waals surface area (Å²) in [6.07, 6.45) is 6.81. The average Bonchev–Trinajstić information content (AvgIpc) is 3.29. The Hall–Kier alpha value is -3.32. The minimum absolute atomic E-state index is 0.00787. The number of hydrogen-bond donors (Lipinski definition) is 1. The second kappa shape index (κ2) is 8.09. The van der Waals surface area contributed by atoms with Gasteiger partial charge in [0.2, 0.25) is 0 Å². The lowest BCUT2D eigenvalue weighted by molar-refractivity contribution is 0.444. The highest BCUT2D eigenvalue weighted by Gasteiger charge is 2.38. The van der Waals surface area contributed by atoms with E-state index in [0.717, 1.165) is 5.69 Å². The Balaban J connectivity index is 1.26. The van der Waals surface area contributed by atoms with Crippen LogP contribution in [0.1, 0.15) is 93.5 Å². The molecule has 0 aliphatic heterocycles. The van der Waals surface area contributed by atoms with E-state index in [0.29, 0.717) is 5.92 Å². The molecule has 4 aromatic rings. The third-order valence-corrected chi connectivity index (χ3v) is 9.65. The van der Waals surface area contributed by atoms with Gasteiger partial charge in [0.15, 0.2) is 0 Å². The molecular weight excluding hydrogens is 446 g/mol. The minimum Gasteiger partial charge on any atom is -0.355 e. The van der Waals surface area contributed by atoms with Crippen molar-refractivity contribution in [1.29, 1.82) is 0 Å². The smallest absolute Gasteiger partial charge is 0.0390 e. The molecule has 0 aromatic heterocycles. The summed E-state index contributed by atoms with van der Waals surface area (Å²) >= 11 is 0. The van der Waals surface area contributed by atoms with Crippen LogP contribution in [-0.4, -0.2) is 0 Å². The highest BCUT2D eigenvalue weighted by atomic mass is 14.9. The largest absolute Gasteiger partial charge is 0.355 e. The van der Waals surface area contributed by atoms with Crippen LogP contribution < -0.4 is 5.32 Å². The fourth-order valence-electron chi connectivity index (χ4n) is 7.61. The van der Waals surface area contributed by atoms with Crippen molar-refractivity contribution < 1.29 is 0 Å². The Kier molecular flexibility index (Phi) is 4.99. The number of anilines is 2. The lowest BCUT2D eigenvalue weighted by Gasteiger charge is -2.26. The van der Waals surface area contributed by atoms with E-state index in [2.05, 4.69) is 112 Å². The summed E-state index contributed by atoms with van der Waals surface area (Å²) in [7, 11) is 0. The van der Waals surface area contributed by atoms with Crippen LogP contribution in [0.15, 0.2) is 78.9 Å². The molecule has 0 saturated heterocycles. The molecule has 1 nitrogen and oxygen atoms in total. The quantitative estimate of drug-likeness (QED) is 0.306. The topological polar surface area (TPSA) is 12.0 Å². The van der Waals surface area contributed by atoms with Gasteiger partial charge in [0.05, 0.1) is 0 Å². The Bertz CT molecular complexity index is 1530. The monoisotopic (exact) mass is 483 g/mol. The highest BCUT2D eigenvalue weighted by Crippen LogP contribution is 2.53. The third-order valence-electron chi connectivity index (χ3n) is 9.65. The van der Waals surface area contributed by atoms with Gasteiger partial charge in [-0.3, -0.25) is 0 Å². The van der Waals surface area contributed by atoms with Gasteiger partial charge in [-0.1, -0.05) is 102 Å². The van der Waals surface area contributed by atoms with Crippen molar-refractivity contribution in [3.05, 3.63) is 107 Å². The predicted octanol–water partition coefficient (Wildman–Crippen LogP) is 10.1. The van der Waals surface area contributed by atoms with Crippen molar-refractivity contribution in [1.82, 2.24) is 0 Å². The van der Waals surface area contributed by atoms with Crippen LogP contribution in [0.4, 0.5) is 11.4 Å².